The van der Waals surface area contributed by atoms with Crippen molar-refractivity contribution in [2.75, 3.05) is 18.0 Å². The first-order chi connectivity index (χ1) is 27.0. The monoisotopic (exact) mass is 780 g/mol. The number of nitrogens with zero attached hydrogens (tertiary/aromatic N) is 2. The molecule has 0 unspecified atom stereocenters. The van der Waals surface area contributed by atoms with Gasteiger partial charge >= 0.3 is 6.18 Å². The summed E-state index contributed by atoms with van der Waals surface area (Å²) in [5.41, 5.74) is 6.54. The molecular formula is C49H61F3N3O2+. The third-order valence-electron chi connectivity index (χ3n) is 11.7. The van der Waals surface area contributed by atoms with Crippen LogP contribution in [0.2, 0.25) is 0 Å². The van der Waals surface area contributed by atoms with Crippen molar-refractivity contribution in [3.8, 4) is 0 Å². The fraction of sp³-hybridized carbons (Fsp3) is 0.429. The fourth-order valence-corrected chi connectivity index (χ4v) is 8.53. The highest BCUT2D eigenvalue weighted by molar-refractivity contribution is 5.71. The van der Waals surface area contributed by atoms with Crippen LogP contribution in [0.4, 0.5) is 30.2 Å². The molecule has 1 heterocycles. The molecule has 8 heteroatoms. The minimum atomic E-state index is -4.40. The molecule has 2 N–H and O–H groups in total. The number of alkyl halides is 3. The van der Waals surface area contributed by atoms with Crippen LogP contribution in [0.5, 0.6) is 0 Å². The zero-order valence-electron chi connectivity index (χ0n) is 34.7. The number of nitrogens with two attached hydrogens (primary N) is 1. The van der Waals surface area contributed by atoms with E-state index in [4.69, 9.17) is 0 Å². The normalized spacial score (nSPS) is 17.5. The third kappa shape index (κ3) is 10.6. The largest absolute Gasteiger partial charge is 0.416 e. The maximum Gasteiger partial charge on any atom is 0.416 e. The van der Waals surface area contributed by atoms with E-state index >= 15 is 0 Å². The molecule has 0 radical (unpaired) electrons. The Morgan fingerprint density at radius 2 is 1.54 bits per heavy atom. The molecule has 0 saturated heterocycles. The lowest BCUT2D eigenvalue weighted by atomic mass is 9.64. The summed E-state index contributed by atoms with van der Waals surface area (Å²) in [5.74, 6) is 1.06. The summed E-state index contributed by atoms with van der Waals surface area (Å²) < 4.78 is 41.0. The van der Waals surface area contributed by atoms with Gasteiger partial charge in [0.1, 0.15) is 5.69 Å². The van der Waals surface area contributed by atoms with Gasteiger partial charge in [0, 0.05) is 58.9 Å². The number of allylic oxidation sites excluding steroid dienone is 9. The number of fused-ring (bicyclic) bond motifs is 1. The molecule has 2 aliphatic rings. The van der Waals surface area contributed by atoms with E-state index in [1.54, 1.807) is 18.2 Å². The number of rotatable bonds is 16. The molecule has 1 saturated carbocycles. The lowest BCUT2D eigenvalue weighted by molar-refractivity contribution is -0.571. The van der Waals surface area contributed by atoms with E-state index in [0.717, 1.165) is 92.7 Å². The molecule has 5 rings (SSSR count). The Hall–Kier alpha value is -4.69. The van der Waals surface area contributed by atoms with Crippen molar-refractivity contribution in [3.63, 3.8) is 0 Å². The van der Waals surface area contributed by atoms with Crippen LogP contribution >= 0.6 is 0 Å². The van der Waals surface area contributed by atoms with Gasteiger partial charge in [0.15, 0.2) is 0 Å². The van der Waals surface area contributed by atoms with Gasteiger partial charge in [0.25, 0.3) is 5.69 Å². The molecule has 1 aliphatic heterocycles. The van der Waals surface area contributed by atoms with E-state index in [1.807, 2.05) is 62.4 Å². The van der Waals surface area contributed by atoms with Crippen LogP contribution < -0.4 is 10.2 Å². The summed E-state index contributed by atoms with van der Waals surface area (Å²) in [6, 6.07) is 18.3. The van der Waals surface area contributed by atoms with Crippen molar-refractivity contribution >= 4 is 17.1 Å². The number of quaternary nitrogens is 1. The van der Waals surface area contributed by atoms with Crippen molar-refractivity contribution < 1.29 is 23.4 Å². The van der Waals surface area contributed by atoms with E-state index in [2.05, 4.69) is 68.8 Å². The second-order valence-corrected chi connectivity index (χ2v) is 17.2. The Bertz CT molecular complexity index is 1990. The molecule has 304 valence electrons. The summed E-state index contributed by atoms with van der Waals surface area (Å²) in [6.07, 6.45) is 17.2. The molecule has 57 heavy (non-hydrogen) atoms. The number of halogens is 3. The first kappa shape index (κ1) is 43.4. The number of hydrogen-bond acceptors (Lipinski definition) is 3. The highest BCUT2D eigenvalue weighted by atomic mass is 19.4. The van der Waals surface area contributed by atoms with Crippen LogP contribution in [-0.2, 0) is 29.8 Å². The van der Waals surface area contributed by atoms with Gasteiger partial charge in [0.05, 0.1) is 17.0 Å². The van der Waals surface area contributed by atoms with Gasteiger partial charge in [-0.3, -0.25) is 10.1 Å². The van der Waals surface area contributed by atoms with Gasteiger partial charge in [-0.1, -0.05) is 128 Å². The average Bonchev–Trinajstić information content (AvgIpc) is 3.38. The molecule has 1 aliphatic carbocycles. The van der Waals surface area contributed by atoms with Gasteiger partial charge in [0.2, 0.25) is 0 Å². The Morgan fingerprint density at radius 1 is 0.877 bits per heavy atom. The predicted molar refractivity (Wildman–Crippen MR) is 229 cm³/mol. The van der Waals surface area contributed by atoms with Crippen LogP contribution in [0.1, 0.15) is 108 Å². The Kier molecular flexibility index (Phi) is 14.3. The summed E-state index contributed by atoms with van der Waals surface area (Å²) in [5, 5.41) is 14.2. The highest BCUT2D eigenvalue weighted by Gasteiger charge is 2.42. The van der Waals surface area contributed by atoms with Crippen molar-refractivity contribution in [1.82, 2.24) is 0 Å². The molecule has 5 nitrogen and oxygen atoms in total. The number of nitro groups is 1. The lowest BCUT2D eigenvalue weighted by Crippen LogP contribution is -2.79. The zero-order valence-corrected chi connectivity index (χ0v) is 34.7. The van der Waals surface area contributed by atoms with Crippen molar-refractivity contribution in [1.29, 1.82) is 0 Å². The summed E-state index contributed by atoms with van der Waals surface area (Å²) in [6.45, 7) is 18.9. The van der Waals surface area contributed by atoms with Crippen molar-refractivity contribution in [2.45, 2.75) is 110 Å². The van der Waals surface area contributed by atoms with Crippen LogP contribution in [0.15, 0.2) is 121 Å². The van der Waals surface area contributed by atoms with Crippen LogP contribution in [0, 0.1) is 22.0 Å². The molecule has 3 aromatic rings. The zero-order chi connectivity index (χ0) is 41.4. The highest BCUT2D eigenvalue weighted by Crippen LogP contribution is 2.50. The number of nitro benzene ring substituents is 1. The van der Waals surface area contributed by atoms with E-state index < -0.39 is 22.6 Å². The number of hydrogen-bond donors (Lipinski definition) is 1. The first-order valence-electron chi connectivity index (χ1n) is 20.6. The average molecular weight is 781 g/mol. The molecule has 3 aromatic carbocycles. The topological polar surface area (TPSA) is 63.0 Å². The lowest BCUT2D eigenvalue weighted by Gasteiger charge is -2.39. The van der Waals surface area contributed by atoms with E-state index in [9.17, 15) is 23.3 Å². The molecule has 0 amide bonds. The minimum absolute atomic E-state index is 0.0980. The predicted octanol–water partition coefficient (Wildman–Crippen LogP) is 12.4. The van der Waals surface area contributed by atoms with Gasteiger partial charge < -0.3 is 10.2 Å². The van der Waals surface area contributed by atoms with Crippen molar-refractivity contribution in [2.24, 2.45) is 11.8 Å². The van der Waals surface area contributed by atoms with E-state index in [1.165, 1.54) is 23.3 Å². The minimum Gasteiger partial charge on any atom is -0.344 e. The Balaban J connectivity index is 1.33. The number of non-ortho nitro benzene ring substituents is 1. The fourth-order valence-electron chi connectivity index (χ4n) is 8.53. The quantitative estimate of drug-likeness (QED) is 0.0681. The third-order valence-corrected chi connectivity index (χ3v) is 11.7. The molecule has 0 bridgehead atoms. The maximum atomic E-state index is 13.7. The van der Waals surface area contributed by atoms with Crippen LogP contribution in [-0.4, -0.2) is 18.0 Å². The Morgan fingerprint density at radius 3 is 2.19 bits per heavy atom. The second kappa shape index (κ2) is 18.7. The van der Waals surface area contributed by atoms with Gasteiger partial charge in [-0.05, 0) is 84.1 Å². The van der Waals surface area contributed by atoms with Crippen molar-refractivity contribution in [3.05, 3.63) is 159 Å². The van der Waals surface area contributed by atoms with Gasteiger partial charge in [-0.15, -0.1) is 0 Å². The second-order valence-electron chi connectivity index (χ2n) is 17.2. The van der Waals surface area contributed by atoms with E-state index in [-0.39, 0.29) is 10.6 Å². The summed E-state index contributed by atoms with van der Waals surface area (Å²) >= 11 is 0. The maximum absolute atomic E-state index is 13.7. The molecule has 0 spiro atoms. The van der Waals surface area contributed by atoms with Gasteiger partial charge in [-0.2, -0.15) is 13.2 Å². The summed E-state index contributed by atoms with van der Waals surface area (Å²) in [4.78, 5) is 13.9. The number of benzene rings is 3. The SMILES string of the molecule is C=C(/C=C/C=C/C=C/C=C1/N(CCC(C)C)c2ccc(C(F)(F)F)cc2C1(C)C)C1(c2cc([N+](=O)[O-])ccc2[NH2+]CCc2ccc(CC(C)C)cc2)CCCCC1. The van der Waals surface area contributed by atoms with E-state index in [0.29, 0.717) is 17.4 Å². The van der Waals surface area contributed by atoms with Crippen LogP contribution in [0.25, 0.3) is 0 Å². The molecule has 0 aromatic heterocycles. The van der Waals surface area contributed by atoms with Gasteiger partial charge in [-0.25, -0.2) is 0 Å². The Labute approximate surface area is 338 Å². The smallest absolute Gasteiger partial charge is 0.344 e. The standard InChI is InChI=1S/C49H60F3N3O2/c1-35(2)27-31-54-45-25-22-40(49(50,51)52)33-43(45)47(6,7)46(54)17-13-10-8-9-12-16-37(5)48(28-14-11-15-29-48)42-34-41(55(56)57)23-24-44(42)53-30-26-38-18-20-39(21-19-38)32-36(3)4/h8-10,12-13,16-25,33-36,53H,5,11,14-15,26-32H2,1-4,6-7H3/p+1/b9-8+,13-10+,16-12+,46-17+. The first-order valence-corrected chi connectivity index (χ1v) is 20.6. The molecular weight excluding hydrogens is 720 g/mol. The summed E-state index contributed by atoms with van der Waals surface area (Å²) in [7, 11) is 0. The number of anilines is 1. The molecule has 1 fully saturated rings. The molecule has 0 atom stereocenters. The van der Waals surface area contributed by atoms with Crippen LogP contribution in [0.3, 0.4) is 0 Å².